The maximum absolute atomic E-state index is 12.1. The number of amides is 1. The highest BCUT2D eigenvalue weighted by atomic mass is 32.2. The van der Waals surface area contributed by atoms with Crippen LogP contribution in [0.25, 0.3) is 0 Å². The Kier molecular flexibility index (Phi) is 3.88. The molecule has 1 saturated carbocycles. The van der Waals surface area contributed by atoms with Crippen molar-refractivity contribution in [3.05, 3.63) is 11.3 Å². The van der Waals surface area contributed by atoms with Crippen molar-refractivity contribution in [3.8, 4) is 0 Å². The first-order valence-corrected chi connectivity index (χ1v) is 10.8. The highest BCUT2D eigenvalue weighted by molar-refractivity contribution is 8.01. The molecule has 0 aromatic carbocycles. The van der Waals surface area contributed by atoms with E-state index in [4.69, 9.17) is 4.74 Å². The van der Waals surface area contributed by atoms with Gasteiger partial charge in [0.05, 0.1) is 24.3 Å². The Morgan fingerprint density at radius 1 is 1.16 bits per heavy atom. The predicted octanol–water partition coefficient (Wildman–Crippen LogP) is 1.91. The smallest absolute Gasteiger partial charge is 0.250 e. The second-order valence-electron chi connectivity index (χ2n) is 9.00. The highest BCUT2D eigenvalue weighted by Gasteiger charge is 2.51. The molecule has 2 N–H and O–H groups in total. The van der Waals surface area contributed by atoms with Gasteiger partial charge in [0.1, 0.15) is 5.37 Å². The van der Waals surface area contributed by atoms with Crippen LogP contribution < -0.4 is 10.6 Å². The first kappa shape index (κ1) is 16.5. The summed E-state index contributed by atoms with van der Waals surface area (Å²) < 4.78 is 5.40. The summed E-state index contributed by atoms with van der Waals surface area (Å²) in [6.07, 6.45) is 5.27. The number of likely N-dealkylation sites (tertiary alicyclic amines) is 1. The van der Waals surface area contributed by atoms with Crippen LogP contribution in [0, 0.1) is 17.3 Å². The molecule has 25 heavy (non-hydrogen) atoms. The molecule has 0 aromatic rings. The van der Waals surface area contributed by atoms with E-state index in [2.05, 4.69) is 29.4 Å². The van der Waals surface area contributed by atoms with Crippen molar-refractivity contribution >= 4 is 17.7 Å². The van der Waals surface area contributed by atoms with Crippen LogP contribution in [0.4, 0.5) is 0 Å². The van der Waals surface area contributed by atoms with Crippen LogP contribution in [-0.2, 0) is 9.53 Å². The second-order valence-corrected chi connectivity index (χ2v) is 10.3. The van der Waals surface area contributed by atoms with Gasteiger partial charge in [-0.2, -0.15) is 0 Å². The fourth-order valence-electron chi connectivity index (χ4n) is 5.34. The third-order valence-corrected chi connectivity index (χ3v) is 8.22. The van der Waals surface area contributed by atoms with Crippen molar-refractivity contribution in [2.45, 2.75) is 56.3 Å². The summed E-state index contributed by atoms with van der Waals surface area (Å²) in [6.45, 7) is 8.73. The second kappa shape index (κ2) is 5.89. The van der Waals surface area contributed by atoms with Gasteiger partial charge in [0.15, 0.2) is 0 Å². The molecule has 0 aromatic heterocycles. The monoisotopic (exact) mass is 363 g/mol. The molecular weight excluding hydrogens is 334 g/mol. The van der Waals surface area contributed by atoms with Gasteiger partial charge in [0, 0.05) is 30.1 Å². The summed E-state index contributed by atoms with van der Waals surface area (Å²) in [5.41, 5.74) is 2.68. The molecule has 2 unspecified atom stereocenters. The molecule has 5 rings (SSSR count). The topological polar surface area (TPSA) is 53.6 Å². The van der Waals surface area contributed by atoms with Crippen molar-refractivity contribution in [1.29, 1.82) is 0 Å². The Balaban J connectivity index is 1.17. The Morgan fingerprint density at radius 2 is 1.88 bits per heavy atom. The predicted molar refractivity (Wildman–Crippen MR) is 98.9 cm³/mol. The Morgan fingerprint density at radius 3 is 2.48 bits per heavy atom. The molecule has 138 valence electrons. The van der Waals surface area contributed by atoms with E-state index in [1.54, 1.807) is 0 Å². The fraction of sp³-hybridized carbons (Fsp3) is 0.842. The summed E-state index contributed by atoms with van der Waals surface area (Å²) in [7, 11) is 0. The van der Waals surface area contributed by atoms with Crippen LogP contribution in [0.1, 0.15) is 39.5 Å². The zero-order valence-corrected chi connectivity index (χ0v) is 16.0. The number of rotatable bonds is 3. The van der Waals surface area contributed by atoms with Crippen LogP contribution in [0.15, 0.2) is 11.3 Å². The van der Waals surface area contributed by atoms with Gasteiger partial charge in [-0.3, -0.25) is 9.69 Å². The molecule has 4 fully saturated rings. The normalized spacial score (nSPS) is 39.9. The van der Waals surface area contributed by atoms with Crippen molar-refractivity contribution in [2.24, 2.45) is 17.3 Å². The van der Waals surface area contributed by atoms with Gasteiger partial charge in [0.25, 0.3) is 5.91 Å². The largest absolute Gasteiger partial charge is 0.380 e. The summed E-state index contributed by atoms with van der Waals surface area (Å²) >= 11 is 1.92. The zero-order valence-electron chi connectivity index (χ0n) is 15.2. The lowest BCUT2D eigenvalue weighted by Gasteiger charge is -2.58. The Labute approximate surface area is 154 Å². The SMILES string of the molecule is CC(C)C1=C2NC(C3CCC(N4CC5(COC5)C4)CC3)SC2NC1=O. The molecule has 0 bridgehead atoms. The molecule has 4 aliphatic heterocycles. The maximum Gasteiger partial charge on any atom is 0.250 e. The summed E-state index contributed by atoms with van der Waals surface area (Å²) in [6, 6.07) is 0.790. The van der Waals surface area contributed by atoms with E-state index in [1.165, 1.54) is 44.5 Å². The molecule has 4 heterocycles. The molecule has 3 saturated heterocycles. The van der Waals surface area contributed by atoms with E-state index in [0.717, 1.165) is 30.7 Å². The molecule has 5 aliphatic rings. The number of carbonyl (C=O) groups is 1. The number of nitrogens with one attached hydrogen (secondary N) is 2. The van der Waals surface area contributed by atoms with Gasteiger partial charge in [-0.05, 0) is 37.5 Å². The Bertz CT molecular complexity index is 600. The first-order valence-electron chi connectivity index (χ1n) is 9.83. The van der Waals surface area contributed by atoms with Gasteiger partial charge in [-0.25, -0.2) is 0 Å². The van der Waals surface area contributed by atoms with Gasteiger partial charge >= 0.3 is 0 Å². The van der Waals surface area contributed by atoms with Gasteiger partial charge in [-0.1, -0.05) is 13.8 Å². The number of fused-ring (bicyclic) bond motifs is 1. The Hall–Kier alpha value is -0.720. The average Bonchev–Trinajstić information content (AvgIpc) is 3.01. The summed E-state index contributed by atoms with van der Waals surface area (Å²) in [5.74, 6) is 1.15. The van der Waals surface area contributed by atoms with Crippen LogP contribution >= 0.6 is 11.8 Å². The van der Waals surface area contributed by atoms with Crippen molar-refractivity contribution < 1.29 is 9.53 Å². The van der Waals surface area contributed by atoms with E-state index in [0.29, 0.717) is 10.8 Å². The van der Waals surface area contributed by atoms with Crippen LogP contribution in [0.3, 0.4) is 0 Å². The number of carbonyl (C=O) groups excluding carboxylic acids is 1. The van der Waals surface area contributed by atoms with Crippen molar-refractivity contribution in [1.82, 2.24) is 15.5 Å². The molecule has 5 nitrogen and oxygen atoms in total. The molecule has 2 atom stereocenters. The lowest BCUT2D eigenvalue weighted by Crippen LogP contribution is -2.68. The molecule has 0 radical (unpaired) electrons. The molecular formula is C19H29N3O2S. The highest BCUT2D eigenvalue weighted by Crippen LogP contribution is 2.45. The number of thioether (sulfide) groups is 1. The standard InChI is InChI=1S/C19H29N3O2S/c1-11(2)14-15-18(21-16(14)23)25-17(20-15)12-3-5-13(6-4-12)22-7-19(8-22)9-24-10-19/h11-13,17-18,20H,3-10H2,1-2H3,(H,21,23). The van der Waals surface area contributed by atoms with Crippen molar-refractivity contribution in [3.63, 3.8) is 0 Å². The molecule has 1 aliphatic carbocycles. The maximum atomic E-state index is 12.1. The third-order valence-electron chi connectivity index (χ3n) is 6.80. The van der Waals surface area contributed by atoms with E-state index in [1.807, 2.05) is 11.8 Å². The van der Waals surface area contributed by atoms with E-state index in [-0.39, 0.29) is 17.2 Å². The lowest BCUT2D eigenvalue weighted by molar-refractivity contribution is -0.200. The number of hydrogen-bond donors (Lipinski definition) is 2. The minimum atomic E-state index is 0.129. The summed E-state index contributed by atoms with van der Waals surface area (Å²) in [5, 5.41) is 7.51. The summed E-state index contributed by atoms with van der Waals surface area (Å²) in [4.78, 5) is 14.8. The fourth-order valence-corrected chi connectivity index (χ4v) is 6.83. The first-order chi connectivity index (χ1) is 12.0. The number of hydrogen-bond acceptors (Lipinski definition) is 5. The van der Waals surface area contributed by atoms with E-state index >= 15 is 0 Å². The quantitative estimate of drug-likeness (QED) is 0.802. The zero-order chi connectivity index (χ0) is 17.2. The van der Waals surface area contributed by atoms with Crippen LogP contribution in [0.5, 0.6) is 0 Å². The number of ether oxygens (including phenoxy) is 1. The van der Waals surface area contributed by atoms with Crippen LogP contribution in [-0.4, -0.2) is 53.9 Å². The molecule has 1 spiro atoms. The number of nitrogens with zero attached hydrogens (tertiary/aromatic N) is 1. The third kappa shape index (κ3) is 2.63. The molecule has 1 amide bonds. The van der Waals surface area contributed by atoms with Crippen LogP contribution in [0.2, 0.25) is 0 Å². The van der Waals surface area contributed by atoms with Gasteiger partial charge in [0.2, 0.25) is 0 Å². The van der Waals surface area contributed by atoms with Crippen molar-refractivity contribution in [2.75, 3.05) is 26.3 Å². The minimum Gasteiger partial charge on any atom is -0.380 e. The molecule has 6 heteroatoms. The average molecular weight is 364 g/mol. The minimum absolute atomic E-state index is 0.129. The van der Waals surface area contributed by atoms with Gasteiger partial charge < -0.3 is 15.4 Å². The van der Waals surface area contributed by atoms with E-state index < -0.39 is 0 Å². The van der Waals surface area contributed by atoms with Gasteiger partial charge in [-0.15, -0.1) is 11.8 Å². The van der Waals surface area contributed by atoms with E-state index in [9.17, 15) is 4.79 Å². The lowest BCUT2D eigenvalue weighted by atomic mass is 9.74.